The maximum atomic E-state index is 11.9. The Morgan fingerprint density at radius 3 is 2.68 bits per heavy atom. The van der Waals surface area contributed by atoms with E-state index in [9.17, 15) is 9.59 Å². The van der Waals surface area contributed by atoms with Gasteiger partial charge in [0.05, 0.1) is 11.5 Å². The molecule has 0 saturated heterocycles. The second kappa shape index (κ2) is 10.6. The number of benzene rings is 1. The van der Waals surface area contributed by atoms with Gasteiger partial charge in [0, 0.05) is 11.4 Å². The summed E-state index contributed by atoms with van der Waals surface area (Å²) in [5.41, 5.74) is 1.78. The number of aliphatic carboxylic acids is 1. The van der Waals surface area contributed by atoms with Gasteiger partial charge in [-0.3, -0.25) is 9.59 Å². The number of rotatable bonds is 10. The molecule has 0 radical (unpaired) electrons. The van der Waals surface area contributed by atoms with Crippen LogP contribution in [-0.4, -0.2) is 34.2 Å². The molecule has 0 aliphatic carbocycles. The minimum Gasteiger partial charge on any atom is -0.481 e. The summed E-state index contributed by atoms with van der Waals surface area (Å²) >= 11 is 2.99. The van der Waals surface area contributed by atoms with Gasteiger partial charge in [-0.15, -0.1) is 11.8 Å². The first kappa shape index (κ1) is 18.9. The molecule has 1 aromatic rings. The van der Waals surface area contributed by atoms with Crippen molar-refractivity contribution < 1.29 is 14.7 Å². The normalized spacial score (nSPS) is 10.7. The Balaban J connectivity index is 2.35. The smallest absolute Gasteiger partial charge is 0.313 e. The number of hydrogen-bond donors (Lipinski definition) is 2. The van der Waals surface area contributed by atoms with Crippen LogP contribution < -0.4 is 5.32 Å². The lowest BCUT2D eigenvalue weighted by atomic mass is 10.2. The van der Waals surface area contributed by atoms with E-state index < -0.39 is 5.97 Å². The summed E-state index contributed by atoms with van der Waals surface area (Å²) in [7, 11) is 0. The Kier molecular flexibility index (Phi) is 9.08. The van der Waals surface area contributed by atoms with Gasteiger partial charge >= 0.3 is 5.97 Å². The molecule has 1 rings (SSSR count). The van der Waals surface area contributed by atoms with E-state index in [0.717, 1.165) is 23.4 Å². The number of nitrogens with one attached hydrogen (secondary N) is 1. The van der Waals surface area contributed by atoms with Crippen LogP contribution in [0, 0.1) is 5.92 Å². The summed E-state index contributed by atoms with van der Waals surface area (Å²) in [5, 5.41) is 11.5. The Morgan fingerprint density at radius 1 is 1.23 bits per heavy atom. The molecule has 0 unspecified atom stereocenters. The van der Waals surface area contributed by atoms with E-state index in [-0.39, 0.29) is 11.7 Å². The number of hydrogen-bond acceptors (Lipinski definition) is 4. The predicted octanol–water partition coefficient (Wildman–Crippen LogP) is 3.72. The minimum absolute atomic E-state index is 0.00379. The molecule has 0 heterocycles. The molecule has 6 heteroatoms. The summed E-state index contributed by atoms with van der Waals surface area (Å²) < 4.78 is 0. The molecule has 0 fully saturated rings. The van der Waals surface area contributed by atoms with E-state index in [0.29, 0.717) is 17.4 Å². The maximum Gasteiger partial charge on any atom is 0.313 e. The number of carbonyl (C=O) groups excluding carboxylic acids is 1. The van der Waals surface area contributed by atoms with Gasteiger partial charge < -0.3 is 10.4 Å². The molecular formula is C16H23NO3S2. The monoisotopic (exact) mass is 341 g/mol. The van der Waals surface area contributed by atoms with Gasteiger partial charge in [-0.2, -0.15) is 11.8 Å². The molecule has 0 atom stereocenters. The number of thioether (sulfide) groups is 2. The highest BCUT2D eigenvalue weighted by Gasteiger charge is 2.05. The van der Waals surface area contributed by atoms with Gasteiger partial charge in [-0.1, -0.05) is 26.0 Å². The van der Waals surface area contributed by atoms with Crippen molar-refractivity contribution in [3.05, 3.63) is 29.8 Å². The van der Waals surface area contributed by atoms with E-state index in [1.807, 2.05) is 24.3 Å². The standard InChI is InChI=1S/C16H23NO3S2/c1-12(2)6-7-21-10-15(18)17-14-5-3-4-13(8-14)9-22-11-16(19)20/h3-5,8,12H,6-7,9-11H2,1-2H3,(H,17,18)(H,19,20). The van der Waals surface area contributed by atoms with Crippen molar-refractivity contribution in [3.63, 3.8) is 0 Å². The van der Waals surface area contributed by atoms with Crippen LogP contribution in [0.5, 0.6) is 0 Å². The van der Waals surface area contributed by atoms with Gasteiger partial charge in [-0.25, -0.2) is 0 Å². The molecule has 0 spiro atoms. The molecule has 2 N–H and O–H groups in total. The first-order valence-electron chi connectivity index (χ1n) is 7.23. The number of carboxylic acid groups (broad SMARTS) is 1. The lowest BCUT2D eigenvalue weighted by Gasteiger charge is -2.08. The topological polar surface area (TPSA) is 66.4 Å². The molecule has 0 bridgehead atoms. The van der Waals surface area contributed by atoms with E-state index in [2.05, 4.69) is 19.2 Å². The van der Waals surface area contributed by atoms with Gasteiger partial charge in [0.15, 0.2) is 0 Å². The van der Waals surface area contributed by atoms with Gasteiger partial charge in [0.1, 0.15) is 0 Å². The Morgan fingerprint density at radius 2 is 2.00 bits per heavy atom. The van der Waals surface area contributed by atoms with Crippen molar-refractivity contribution in [2.45, 2.75) is 26.0 Å². The fraction of sp³-hybridized carbons (Fsp3) is 0.500. The van der Waals surface area contributed by atoms with Gasteiger partial charge in [-0.05, 0) is 35.8 Å². The molecular weight excluding hydrogens is 318 g/mol. The van der Waals surface area contributed by atoms with Crippen LogP contribution >= 0.6 is 23.5 Å². The molecule has 1 aromatic carbocycles. The highest BCUT2D eigenvalue weighted by Crippen LogP contribution is 2.17. The zero-order valence-corrected chi connectivity index (χ0v) is 14.6. The van der Waals surface area contributed by atoms with Crippen molar-refractivity contribution in [3.8, 4) is 0 Å². The van der Waals surface area contributed by atoms with Crippen LogP contribution in [0.2, 0.25) is 0 Å². The predicted molar refractivity (Wildman–Crippen MR) is 95.6 cm³/mol. The van der Waals surface area contributed by atoms with E-state index in [1.54, 1.807) is 11.8 Å². The average molecular weight is 341 g/mol. The largest absolute Gasteiger partial charge is 0.481 e. The number of anilines is 1. The fourth-order valence-corrected chi connectivity index (χ4v) is 3.41. The molecule has 0 aromatic heterocycles. The van der Waals surface area contributed by atoms with Crippen LogP contribution in [0.4, 0.5) is 5.69 Å². The van der Waals surface area contributed by atoms with Crippen LogP contribution in [0.3, 0.4) is 0 Å². The second-order valence-electron chi connectivity index (χ2n) is 5.37. The average Bonchev–Trinajstić information content (AvgIpc) is 2.43. The lowest BCUT2D eigenvalue weighted by Crippen LogP contribution is -2.14. The number of carboxylic acids is 1. The zero-order valence-electron chi connectivity index (χ0n) is 13.0. The zero-order chi connectivity index (χ0) is 16.4. The number of amides is 1. The first-order valence-corrected chi connectivity index (χ1v) is 9.54. The van der Waals surface area contributed by atoms with E-state index in [4.69, 9.17) is 5.11 Å². The third kappa shape index (κ3) is 9.00. The minimum atomic E-state index is -0.812. The van der Waals surface area contributed by atoms with Crippen molar-refractivity contribution in [2.75, 3.05) is 22.6 Å². The van der Waals surface area contributed by atoms with Crippen molar-refractivity contribution >= 4 is 41.1 Å². The third-order valence-electron chi connectivity index (χ3n) is 2.78. The van der Waals surface area contributed by atoms with Crippen LogP contribution in [0.1, 0.15) is 25.8 Å². The molecule has 0 saturated carbocycles. The van der Waals surface area contributed by atoms with Crippen molar-refractivity contribution in [1.82, 2.24) is 0 Å². The second-order valence-corrected chi connectivity index (χ2v) is 7.46. The molecule has 122 valence electrons. The molecule has 0 aliphatic heterocycles. The van der Waals surface area contributed by atoms with Crippen LogP contribution in [0.25, 0.3) is 0 Å². The molecule has 22 heavy (non-hydrogen) atoms. The quantitative estimate of drug-likeness (QED) is 0.635. The van der Waals surface area contributed by atoms with Crippen LogP contribution in [0.15, 0.2) is 24.3 Å². The summed E-state index contributed by atoms with van der Waals surface area (Å²) in [6.45, 7) is 4.35. The van der Waals surface area contributed by atoms with Gasteiger partial charge in [0.25, 0.3) is 0 Å². The van der Waals surface area contributed by atoms with Crippen LogP contribution in [-0.2, 0) is 15.3 Å². The molecule has 1 amide bonds. The van der Waals surface area contributed by atoms with Crippen molar-refractivity contribution in [1.29, 1.82) is 0 Å². The number of carbonyl (C=O) groups is 2. The molecule has 4 nitrogen and oxygen atoms in total. The van der Waals surface area contributed by atoms with Gasteiger partial charge in [0.2, 0.25) is 5.91 Å². The fourth-order valence-electron chi connectivity index (χ4n) is 1.68. The van der Waals surface area contributed by atoms with E-state index in [1.165, 1.54) is 11.8 Å². The lowest BCUT2D eigenvalue weighted by molar-refractivity contribution is -0.133. The summed E-state index contributed by atoms with van der Waals surface area (Å²) in [6, 6.07) is 7.55. The Bertz CT molecular complexity index is 492. The highest BCUT2D eigenvalue weighted by molar-refractivity contribution is 8.00. The highest BCUT2D eigenvalue weighted by atomic mass is 32.2. The molecule has 0 aliphatic rings. The summed E-state index contributed by atoms with van der Waals surface area (Å²) in [5.74, 6) is 2.02. The summed E-state index contributed by atoms with van der Waals surface area (Å²) in [6.07, 6.45) is 1.12. The third-order valence-corrected chi connectivity index (χ3v) is 4.76. The first-order chi connectivity index (χ1) is 10.5. The Labute approximate surface area is 140 Å². The summed E-state index contributed by atoms with van der Waals surface area (Å²) in [4.78, 5) is 22.3. The Hall–Kier alpha value is -1.14. The SMILES string of the molecule is CC(C)CCSCC(=O)Nc1cccc(CSCC(=O)O)c1. The van der Waals surface area contributed by atoms with E-state index >= 15 is 0 Å². The van der Waals surface area contributed by atoms with Crippen molar-refractivity contribution in [2.24, 2.45) is 5.92 Å². The maximum absolute atomic E-state index is 11.9.